The first-order valence-electron chi connectivity index (χ1n) is 7.40. The molecule has 0 aliphatic carbocycles. The Hall–Kier alpha value is -2.14. The lowest BCUT2D eigenvalue weighted by Gasteiger charge is -2.35. The molecule has 3 rings (SSSR count). The predicted octanol–water partition coefficient (Wildman–Crippen LogP) is 2.65. The van der Waals surface area contributed by atoms with Crippen LogP contribution in [0.15, 0.2) is 30.6 Å². The van der Waals surface area contributed by atoms with Gasteiger partial charge in [0.15, 0.2) is 0 Å². The van der Waals surface area contributed by atoms with Crippen LogP contribution in [0.4, 0.5) is 17.3 Å². The zero-order valence-electron chi connectivity index (χ0n) is 12.5. The lowest BCUT2D eigenvalue weighted by Crippen LogP contribution is -2.32. The molecule has 1 aromatic carbocycles. The summed E-state index contributed by atoms with van der Waals surface area (Å²) >= 11 is 0. The molecule has 0 saturated heterocycles. The van der Waals surface area contributed by atoms with E-state index in [2.05, 4.69) is 58.4 Å². The lowest BCUT2D eigenvalue weighted by molar-refractivity contribution is 0.559. The van der Waals surface area contributed by atoms with Crippen LogP contribution in [0.25, 0.3) is 0 Å². The smallest absolute Gasteiger partial charge is 0.148 e. The monoisotopic (exact) mass is 283 g/mol. The van der Waals surface area contributed by atoms with Crippen molar-refractivity contribution in [1.82, 2.24) is 9.97 Å². The van der Waals surface area contributed by atoms with Crippen LogP contribution in [0.5, 0.6) is 0 Å². The number of nitrogen functional groups attached to an aromatic ring is 1. The van der Waals surface area contributed by atoms with Gasteiger partial charge in [0.2, 0.25) is 0 Å². The van der Waals surface area contributed by atoms with E-state index in [4.69, 9.17) is 5.84 Å². The Balaban J connectivity index is 2.13. The molecule has 0 spiro atoms. The summed E-state index contributed by atoms with van der Waals surface area (Å²) in [7, 11) is 0. The molecule has 5 nitrogen and oxygen atoms in total. The number of nitrogens with one attached hydrogen (secondary N) is 1. The number of rotatable bonds is 3. The van der Waals surface area contributed by atoms with Crippen LogP contribution in [0, 0.1) is 5.92 Å². The van der Waals surface area contributed by atoms with E-state index in [-0.39, 0.29) is 0 Å². The second-order valence-electron chi connectivity index (χ2n) is 5.57. The van der Waals surface area contributed by atoms with Gasteiger partial charge in [-0.25, -0.2) is 15.8 Å². The van der Waals surface area contributed by atoms with E-state index in [9.17, 15) is 0 Å². The summed E-state index contributed by atoms with van der Waals surface area (Å²) in [6.45, 7) is 5.34. The molecule has 0 radical (unpaired) electrons. The summed E-state index contributed by atoms with van der Waals surface area (Å²) in [5.74, 6) is 7.84. The fraction of sp³-hybridized carbons (Fsp3) is 0.375. The minimum absolute atomic E-state index is 0.592. The summed E-state index contributed by atoms with van der Waals surface area (Å²) in [6.07, 6.45) is 3.52. The minimum atomic E-state index is 0.592. The molecule has 0 saturated carbocycles. The van der Waals surface area contributed by atoms with Crippen LogP contribution in [-0.4, -0.2) is 16.5 Å². The van der Waals surface area contributed by atoms with Crippen molar-refractivity contribution in [2.75, 3.05) is 16.9 Å². The normalized spacial score (nSPS) is 17.5. The Bertz CT molecular complexity index is 640. The first-order chi connectivity index (χ1) is 10.2. The van der Waals surface area contributed by atoms with Gasteiger partial charge in [-0.3, -0.25) is 0 Å². The number of hydrogen-bond acceptors (Lipinski definition) is 5. The van der Waals surface area contributed by atoms with Crippen molar-refractivity contribution in [2.45, 2.75) is 26.7 Å². The van der Waals surface area contributed by atoms with E-state index >= 15 is 0 Å². The van der Waals surface area contributed by atoms with E-state index < -0.39 is 0 Å². The molecule has 21 heavy (non-hydrogen) atoms. The van der Waals surface area contributed by atoms with Gasteiger partial charge in [-0.2, -0.15) is 0 Å². The van der Waals surface area contributed by atoms with Crippen molar-refractivity contribution < 1.29 is 0 Å². The highest BCUT2D eigenvalue weighted by atomic mass is 15.3. The number of anilines is 3. The molecule has 3 N–H and O–H groups in total. The fourth-order valence-corrected chi connectivity index (χ4v) is 3.08. The van der Waals surface area contributed by atoms with Crippen LogP contribution in [-0.2, 0) is 12.8 Å². The van der Waals surface area contributed by atoms with Crippen LogP contribution in [0.2, 0.25) is 0 Å². The van der Waals surface area contributed by atoms with E-state index in [0.717, 1.165) is 30.8 Å². The van der Waals surface area contributed by atoms with Gasteiger partial charge in [-0.1, -0.05) is 32.0 Å². The third-order valence-electron chi connectivity index (χ3n) is 4.01. The van der Waals surface area contributed by atoms with Crippen molar-refractivity contribution in [3.8, 4) is 0 Å². The van der Waals surface area contributed by atoms with Gasteiger partial charge >= 0.3 is 0 Å². The van der Waals surface area contributed by atoms with E-state index in [1.165, 1.54) is 11.3 Å². The molecular formula is C16H21N5. The molecule has 1 aliphatic rings. The largest absolute Gasteiger partial charge is 0.325 e. The van der Waals surface area contributed by atoms with E-state index in [0.29, 0.717) is 11.7 Å². The van der Waals surface area contributed by atoms with Gasteiger partial charge < -0.3 is 10.3 Å². The van der Waals surface area contributed by atoms with Crippen molar-refractivity contribution in [3.63, 3.8) is 0 Å². The summed E-state index contributed by atoms with van der Waals surface area (Å²) in [6, 6.07) is 8.55. The lowest BCUT2D eigenvalue weighted by atomic mass is 9.93. The van der Waals surface area contributed by atoms with Crippen molar-refractivity contribution in [1.29, 1.82) is 0 Å². The van der Waals surface area contributed by atoms with Crippen LogP contribution in [0.1, 0.15) is 25.0 Å². The maximum Gasteiger partial charge on any atom is 0.148 e. The number of nitrogens with zero attached hydrogens (tertiary/aromatic N) is 3. The first-order valence-corrected chi connectivity index (χ1v) is 7.40. The second-order valence-corrected chi connectivity index (χ2v) is 5.57. The number of hydrazine groups is 1. The quantitative estimate of drug-likeness (QED) is 0.669. The van der Waals surface area contributed by atoms with Crippen molar-refractivity contribution in [3.05, 3.63) is 41.7 Å². The summed E-state index contributed by atoms with van der Waals surface area (Å²) in [4.78, 5) is 11.1. The highest BCUT2D eigenvalue weighted by Gasteiger charge is 2.25. The number of para-hydroxylation sites is 1. The molecule has 1 aromatic heterocycles. The third kappa shape index (κ3) is 2.45. The molecule has 1 unspecified atom stereocenters. The molecular weight excluding hydrogens is 262 g/mol. The van der Waals surface area contributed by atoms with Crippen LogP contribution < -0.4 is 16.2 Å². The summed E-state index contributed by atoms with van der Waals surface area (Å²) < 4.78 is 0. The average Bonchev–Trinajstić information content (AvgIpc) is 2.53. The molecule has 110 valence electrons. The highest BCUT2D eigenvalue weighted by Crippen LogP contribution is 2.36. The molecule has 2 heterocycles. The van der Waals surface area contributed by atoms with E-state index in [1.807, 2.05) is 0 Å². The Morgan fingerprint density at radius 1 is 1.33 bits per heavy atom. The van der Waals surface area contributed by atoms with Crippen molar-refractivity contribution >= 4 is 17.3 Å². The zero-order chi connectivity index (χ0) is 14.8. The molecule has 0 amide bonds. The number of benzene rings is 1. The summed E-state index contributed by atoms with van der Waals surface area (Å²) in [5, 5.41) is 0. The Kier molecular flexibility index (Phi) is 3.75. The third-order valence-corrected chi connectivity index (χ3v) is 4.01. The van der Waals surface area contributed by atoms with Gasteiger partial charge in [0.25, 0.3) is 0 Å². The molecule has 1 aliphatic heterocycles. The second kappa shape index (κ2) is 5.69. The number of nitrogens with two attached hydrogens (primary N) is 1. The van der Waals surface area contributed by atoms with Gasteiger partial charge in [0.05, 0.1) is 0 Å². The zero-order valence-corrected chi connectivity index (χ0v) is 12.5. The predicted molar refractivity (Wildman–Crippen MR) is 85.5 cm³/mol. The van der Waals surface area contributed by atoms with Gasteiger partial charge in [-0.15, -0.1) is 0 Å². The molecule has 0 fully saturated rings. The van der Waals surface area contributed by atoms with Gasteiger partial charge in [0, 0.05) is 17.8 Å². The molecule has 0 bridgehead atoms. The SMILES string of the molecule is CCc1c(NN)ncnc1N1CC(C)Cc2ccccc21. The summed E-state index contributed by atoms with van der Waals surface area (Å²) in [5.41, 5.74) is 6.36. The van der Waals surface area contributed by atoms with Gasteiger partial charge in [-0.05, 0) is 30.4 Å². The van der Waals surface area contributed by atoms with Crippen LogP contribution in [0.3, 0.4) is 0 Å². The first kappa shape index (κ1) is 13.8. The Labute approximate surface area is 125 Å². The fourth-order valence-electron chi connectivity index (χ4n) is 3.08. The van der Waals surface area contributed by atoms with E-state index in [1.54, 1.807) is 6.33 Å². The topological polar surface area (TPSA) is 67.1 Å². The Morgan fingerprint density at radius 2 is 2.14 bits per heavy atom. The number of hydrogen-bond donors (Lipinski definition) is 2. The van der Waals surface area contributed by atoms with Gasteiger partial charge in [0.1, 0.15) is 18.0 Å². The average molecular weight is 283 g/mol. The van der Waals surface area contributed by atoms with Crippen LogP contribution >= 0.6 is 0 Å². The maximum absolute atomic E-state index is 5.59. The maximum atomic E-state index is 5.59. The number of fused-ring (bicyclic) bond motifs is 1. The minimum Gasteiger partial charge on any atom is -0.325 e. The number of aromatic nitrogens is 2. The highest BCUT2D eigenvalue weighted by molar-refractivity contribution is 5.70. The Morgan fingerprint density at radius 3 is 2.90 bits per heavy atom. The molecule has 2 aromatic rings. The standard InChI is InChI=1S/C16H21N5/c1-3-13-15(20-17)18-10-19-16(13)21-9-11(2)8-12-6-4-5-7-14(12)21/h4-7,10-11H,3,8-9,17H2,1-2H3,(H,18,19,20). The molecule has 1 atom stereocenters. The van der Waals surface area contributed by atoms with Crippen molar-refractivity contribution in [2.24, 2.45) is 11.8 Å². The molecule has 5 heteroatoms.